The van der Waals surface area contributed by atoms with Crippen LogP contribution in [0.3, 0.4) is 0 Å². The standard InChI is InChI=1S/C26H20FN5O3/c1-15-22(25(33)29-19-5-3-2-4-6-19)23(17-9-12-20-21(13-17)35-14-34-20)32-26(28-15)30-24(31-32)16-7-10-18(27)11-8-16/h2-13,23H,14H2,1H3,(H,29,33)(H,28,30,31). The number of amides is 1. The summed E-state index contributed by atoms with van der Waals surface area (Å²) in [6.07, 6.45) is 0. The van der Waals surface area contributed by atoms with Crippen LogP contribution in [0.15, 0.2) is 84.1 Å². The highest BCUT2D eigenvalue weighted by Crippen LogP contribution is 2.41. The van der Waals surface area contributed by atoms with Crippen LogP contribution in [0.4, 0.5) is 16.0 Å². The minimum atomic E-state index is -0.592. The van der Waals surface area contributed by atoms with Gasteiger partial charge in [0.05, 0.1) is 5.57 Å². The highest BCUT2D eigenvalue weighted by Gasteiger charge is 2.35. The van der Waals surface area contributed by atoms with Gasteiger partial charge in [0.25, 0.3) is 5.91 Å². The van der Waals surface area contributed by atoms with Gasteiger partial charge in [-0.2, -0.15) is 4.98 Å². The lowest BCUT2D eigenvalue weighted by Crippen LogP contribution is -2.31. The lowest BCUT2D eigenvalue weighted by Gasteiger charge is -2.28. The van der Waals surface area contributed by atoms with Gasteiger partial charge < -0.3 is 20.1 Å². The molecule has 1 amide bonds. The molecule has 1 atom stereocenters. The normalized spacial score (nSPS) is 16.0. The topological polar surface area (TPSA) is 90.3 Å². The van der Waals surface area contributed by atoms with Gasteiger partial charge in [0, 0.05) is 16.9 Å². The van der Waals surface area contributed by atoms with Crippen LogP contribution in [0, 0.1) is 5.82 Å². The SMILES string of the molecule is CC1=C(C(=O)Nc2ccccc2)C(c2ccc3c(c2)OCO3)n2nc(-c3ccc(F)cc3)nc2N1. The van der Waals surface area contributed by atoms with E-state index in [0.29, 0.717) is 45.8 Å². The molecular weight excluding hydrogens is 449 g/mol. The molecule has 9 heteroatoms. The second kappa shape index (κ2) is 8.28. The fraction of sp³-hybridized carbons (Fsp3) is 0.115. The molecule has 2 aliphatic rings. The molecule has 1 aromatic heterocycles. The first-order chi connectivity index (χ1) is 17.1. The van der Waals surface area contributed by atoms with Crippen molar-refractivity contribution in [1.29, 1.82) is 0 Å². The van der Waals surface area contributed by atoms with Crippen molar-refractivity contribution in [2.45, 2.75) is 13.0 Å². The Morgan fingerprint density at radius 3 is 2.63 bits per heavy atom. The summed E-state index contributed by atoms with van der Waals surface area (Å²) in [4.78, 5) is 18.2. The van der Waals surface area contributed by atoms with Crippen LogP contribution in [0.2, 0.25) is 0 Å². The monoisotopic (exact) mass is 469 g/mol. The van der Waals surface area contributed by atoms with E-state index < -0.39 is 6.04 Å². The second-order valence-electron chi connectivity index (χ2n) is 8.21. The van der Waals surface area contributed by atoms with E-state index in [1.54, 1.807) is 16.8 Å². The summed E-state index contributed by atoms with van der Waals surface area (Å²) in [5, 5.41) is 10.9. The van der Waals surface area contributed by atoms with E-state index in [4.69, 9.17) is 14.6 Å². The number of nitrogens with zero attached hydrogens (tertiary/aromatic N) is 3. The van der Waals surface area contributed by atoms with Gasteiger partial charge in [0.2, 0.25) is 12.7 Å². The van der Waals surface area contributed by atoms with Crippen molar-refractivity contribution in [3.63, 3.8) is 0 Å². The van der Waals surface area contributed by atoms with Crippen molar-refractivity contribution in [3.05, 3.63) is 95.4 Å². The number of aromatic nitrogens is 3. The summed E-state index contributed by atoms with van der Waals surface area (Å²) in [6.45, 7) is 1.97. The van der Waals surface area contributed by atoms with Gasteiger partial charge in [0.1, 0.15) is 11.9 Å². The molecule has 0 bridgehead atoms. The van der Waals surface area contributed by atoms with Crippen LogP contribution in [-0.4, -0.2) is 27.5 Å². The molecule has 2 N–H and O–H groups in total. The van der Waals surface area contributed by atoms with Gasteiger partial charge in [-0.25, -0.2) is 9.07 Å². The number of nitrogens with one attached hydrogen (secondary N) is 2. The van der Waals surface area contributed by atoms with Gasteiger partial charge in [-0.3, -0.25) is 4.79 Å². The van der Waals surface area contributed by atoms with E-state index in [0.717, 1.165) is 5.56 Å². The van der Waals surface area contributed by atoms with E-state index in [9.17, 15) is 9.18 Å². The second-order valence-corrected chi connectivity index (χ2v) is 8.21. The Morgan fingerprint density at radius 1 is 1.06 bits per heavy atom. The van der Waals surface area contributed by atoms with Crippen LogP contribution >= 0.6 is 0 Å². The van der Waals surface area contributed by atoms with Gasteiger partial charge in [0.15, 0.2) is 17.3 Å². The van der Waals surface area contributed by atoms with Gasteiger partial charge in [-0.15, -0.1) is 5.10 Å². The number of carbonyl (C=O) groups is 1. The molecule has 0 saturated heterocycles. The summed E-state index contributed by atoms with van der Waals surface area (Å²) in [5.41, 5.74) is 3.25. The molecule has 0 saturated carbocycles. The number of para-hydroxylation sites is 1. The minimum absolute atomic E-state index is 0.143. The third-order valence-corrected chi connectivity index (χ3v) is 5.94. The molecule has 6 rings (SSSR count). The summed E-state index contributed by atoms with van der Waals surface area (Å²) in [6, 6.07) is 20.2. The number of benzene rings is 3. The predicted octanol–water partition coefficient (Wildman–Crippen LogP) is 4.74. The molecule has 0 spiro atoms. The van der Waals surface area contributed by atoms with Gasteiger partial charge >= 0.3 is 0 Å². The van der Waals surface area contributed by atoms with Gasteiger partial charge in [-0.1, -0.05) is 24.3 Å². The van der Waals surface area contributed by atoms with E-state index in [1.807, 2.05) is 55.5 Å². The lowest BCUT2D eigenvalue weighted by molar-refractivity contribution is -0.113. The highest BCUT2D eigenvalue weighted by atomic mass is 19.1. The fourth-order valence-electron chi connectivity index (χ4n) is 4.28. The Balaban J connectivity index is 1.46. The molecular formula is C26H20FN5O3. The van der Waals surface area contributed by atoms with Crippen molar-refractivity contribution in [2.75, 3.05) is 17.4 Å². The minimum Gasteiger partial charge on any atom is -0.454 e. The van der Waals surface area contributed by atoms with Crippen molar-refractivity contribution in [3.8, 4) is 22.9 Å². The number of carbonyl (C=O) groups excluding carboxylic acids is 1. The van der Waals surface area contributed by atoms with Crippen molar-refractivity contribution in [1.82, 2.24) is 14.8 Å². The molecule has 0 radical (unpaired) electrons. The molecule has 0 aliphatic carbocycles. The molecule has 3 aromatic carbocycles. The number of hydrogen-bond acceptors (Lipinski definition) is 6. The molecule has 1 unspecified atom stereocenters. The van der Waals surface area contributed by atoms with E-state index >= 15 is 0 Å². The predicted molar refractivity (Wildman–Crippen MR) is 128 cm³/mol. The quantitative estimate of drug-likeness (QED) is 0.449. The number of allylic oxidation sites excluding steroid dienone is 1. The summed E-state index contributed by atoms with van der Waals surface area (Å²) >= 11 is 0. The average molecular weight is 469 g/mol. The molecule has 2 aliphatic heterocycles. The van der Waals surface area contributed by atoms with E-state index in [2.05, 4.69) is 15.6 Å². The van der Waals surface area contributed by atoms with Crippen molar-refractivity contribution < 1.29 is 18.7 Å². The summed E-state index contributed by atoms with van der Waals surface area (Å²) < 4.78 is 26.2. The maximum absolute atomic E-state index is 13.6. The largest absolute Gasteiger partial charge is 0.454 e. The Labute approximate surface area is 200 Å². The first kappa shape index (κ1) is 20.9. The first-order valence-electron chi connectivity index (χ1n) is 11.0. The molecule has 0 fully saturated rings. The van der Waals surface area contributed by atoms with Gasteiger partial charge in [-0.05, 0) is 61.0 Å². The van der Waals surface area contributed by atoms with E-state index in [-0.39, 0.29) is 18.5 Å². The zero-order chi connectivity index (χ0) is 23.9. The fourth-order valence-corrected chi connectivity index (χ4v) is 4.28. The lowest BCUT2D eigenvalue weighted by atomic mass is 9.94. The summed E-state index contributed by atoms with van der Waals surface area (Å²) in [7, 11) is 0. The zero-order valence-corrected chi connectivity index (χ0v) is 18.7. The number of hydrogen-bond donors (Lipinski definition) is 2. The molecule has 3 heterocycles. The Kier molecular flexibility index (Phi) is 4.95. The Bertz CT molecular complexity index is 1460. The molecule has 35 heavy (non-hydrogen) atoms. The number of ether oxygens (including phenoxy) is 2. The van der Waals surface area contributed by atoms with Crippen LogP contribution in [-0.2, 0) is 4.79 Å². The average Bonchev–Trinajstić information content (AvgIpc) is 3.50. The smallest absolute Gasteiger partial charge is 0.255 e. The van der Waals surface area contributed by atoms with Crippen LogP contribution in [0.1, 0.15) is 18.5 Å². The number of anilines is 2. The third-order valence-electron chi connectivity index (χ3n) is 5.94. The van der Waals surface area contributed by atoms with Crippen LogP contribution in [0.25, 0.3) is 11.4 Å². The maximum Gasteiger partial charge on any atom is 0.255 e. The highest BCUT2D eigenvalue weighted by molar-refractivity contribution is 6.06. The molecule has 8 nitrogen and oxygen atoms in total. The zero-order valence-electron chi connectivity index (χ0n) is 18.7. The van der Waals surface area contributed by atoms with Crippen molar-refractivity contribution >= 4 is 17.5 Å². The Hall–Kier alpha value is -4.66. The molecule has 174 valence electrons. The van der Waals surface area contributed by atoms with E-state index in [1.165, 1.54) is 12.1 Å². The third kappa shape index (κ3) is 3.76. The van der Waals surface area contributed by atoms with Crippen LogP contribution < -0.4 is 20.1 Å². The first-order valence-corrected chi connectivity index (χ1v) is 11.0. The number of rotatable bonds is 4. The Morgan fingerprint density at radius 2 is 1.83 bits per heavy atom. The summed E-state index contributed by atoms with van der Waals surface area (Å²) in [5.74, 6) is 1.52. The maximum atomic E-state index is 13.6. The van der Waals surface area contributed by atoms with Crippen molar-refractivity contribution in [2.24, 2.45) is 0 Å². The number of halogens is 1. The van der Waals surface area contributed by atoms with Crippen LogP contribution in [0.5, 0.6) is 11.5 Å². The molecule has 4 aromatic rings. The number of fused-ring (bicyclic) bond motifs is 2.